The SMILES string of the molecule is Fc1ccccc1CNc1ncccc1Br. The fourth-order valence-electron chi connectivity index (χ4n) is 1.34. The maximum Gasteiger partial charge on any atom is 0.140 e. The van der Waals surface area contributed by atoms with Crippen molar-refractivity contribution in [1.29, 1.82) is 0 Å². The molecule has 0 atom stereocenters. The third-order valence-electron chi connectivity index (χ3n) is 2.16. The number of nitrogens with zero attached hydrogens (tertiary/aromatic N) is 1. The lowest BCUT2D eigenvalue weighted by molar-refractivity contribution is 0.613. The smallest absolute Gasteiger partial charge is 0.140 e. The highest BCUT2D eigenvalue weighted by Crippen LogP contribution is 2.19. The molecule has 0 fully saturated rings. The van der Waals surface area contributed by atoms with E-state index in [-0.39, 0.29) is 5.82 Å². The Morgan fingerprint density at radius 2 is 2.00 bits per heavy atom. The largest absolute Gasteiger partial charge is 0.365 e. The van der Waals surface area contributed by atoms with Crippen LogP contribution in [0.4, 0.5) is 10.2 Å². The first-order chi connectivity index (χ1) is 7.77. The molecule has 0 aliphatic rings. The van der Waals surface area contributed by atoms with Crippen LogP contribution in [0.1, 0.15) is 5.56 Å². The molecule has 1 N–H and O–H groups in total. The molecule has 1 aromatic heterocycles. The van der Waals surface area contributed by atoms with Crippen molar-refractivity contribution in [2.75, 3.05) is 5.32 Å². The van der Waals surface area contributed by atoms with E-state index in [1.807, 2.05) is 18.2 Å². The molecule has 2 rings (SSSR count). The molecule has 0 spiro atoms. The summed E-state index contributed by atoms with van der Waals surface area (Å²) in [5.74, 6) is 0.507. The quantitative estimate of drug-likeness (QED) is 0.929. The van der Waals surface area contributed by atoms with Crippen LogP contribution in [0.2, 0.25) is 0 Å². The van der Waals surface area contributed by atoms with E-state index in [4.69, 9.17) is 0 Å². The van der Waals surface area contributed by atoms with Gasteiger partial charge in [-0.15, -0.1) is 0 Å². The average Bonchev–Trinajstić information content (AvgIpc) is 2.30. The van der Waals surface area contributed by atoms with Crippen LogP contribution in [0.15, 0.2) is 47.1 Å². The highest BCUT2D eigenvalue weighted by atomic mass is 79.9. The van der Waals surface area contributed by atoms with E-state index in [1.165, 1.54) is 6.07 Å². The van der Waals surface area contributed by atoms with Gasteiger partial charge in [-0.25, -0.2) is 9.37 Å². The maximum atomic E-state index is 13.3. The number of pyridine rings is 1. The molecule has 0 bridgehead atoms. The third-order valence-corrected chi connectivity index (χ3v) is 2.80. The van der Waals surface area contributed by atoms with Gasteiger partial charge in [-0.3, -0.25) is 0 Å². The molecule has 1 aromatic carbocycles. The van der Waals surface area contributed by atoms with Crippen molar-refractivity contribution in [2.24, 2.45) is 0 Å². The van der Waals surface area contributed by atoms with E-state index in [1.54, 1.807) is 18.3 Å². The number of hydrogen-bond acceptors (Lipinski definition) is 2. The predicted octanol–water partition coefficient (Wildman–Crippen LogP) is 3.60. The van der Waals surface area contributed by atoms with Gasteiger partial charge >= 0.3 is 0 Å². The van der Waals surface area contributed by atoms with Gasteiger partial charge in [-0.2, -0.15) is 0 Å². The minimum atomic E-state index is -0.206. The predicted molar refractivity (Wildman–Crippen MR) is 65.7 cm³/mol. The Morgan fingerprint density at radius 1 is 1.19 bits per heavy atom. The monoisotopic (exact) mass is 280 g/mol. The molecule has 0 aliphatic heterocycles. The van der Waals surface area contributed by atoms with Crippen molar-refractivity contribution in [3.8, 4) is 0 Å². The summed E-state index contributed by atoms with van der Waals surface area (Å²) in [7, 11) is 0. The molecule has 1 heterocycles. The zero-order valence-corrected chi connectivity index (χ0v) is 10.0. The van der Waals surface area contributed by atoms with Crippen LogP contribution in [-0.4, -0.2) is 4.98 Å². The van der Waals surface area contributed by atoms with Crippen LogP contribution in [-0.2, 0) is 6.54 Å². The second kappa shape index (κ2) is 5.07. The summed E-state index contributed by atoms with van der Waals surface area (Å²) < 4.78 is 14.2. The van der Waals surface area contributed by atoms with Gasteiger partial charge in [-0.05, 0) is 34.1 Å². The van der Waals surface area contributed by atoms with E-state index in [9.17, 15) is 4.39 Å². The van der Waals surface area contributed by atoms with Crippen LogP contribution in [0.3, 0.4) is 0 Å². The van der Waals surface area contributed by atoms with Crippen LogP contribution >= 0.6 is 15.9 Å². The second-order valence-electron chi connectivity index (χ2n) is 3.28. The lowest BCUT2D eigenvalue weighted by Crippen LogP contribution is -2.03. The lowest BCUT2D eigenvalue weighted by Gasteiger charge is -2.07. The fourth-order valence-corrected chi connectivity index (χ4v) is 1.73. The van der Waals surface area contributed by atoms with E-state index >= 15 is 0 Å². The standard InChI is InChI=1S/C12H10BrFN2/c13-10-5-3-7-15-12(10)16-8-9-4-1-2-6-11(9)14/h1-7H,8H2,(H,15,16). The first-order valence-electron chi connectivity index (χ1n) is 4.85. The highest BCUT2D eigenvalue weighted by molar-refractivity contribution is 9.10. The van der Waals surface area contributed by atoms with Crippen molar-refractivity contribution in [3.05, 3.63) is 58.4 Å². The molecule has 0 aliphatic carbocycles. The third kappa shape index (κ3) is 2.58. The minimum absolute atomic E-state index is 0.206. The van der Waals surface area contributed by atoms with Crippen molar-refractivity contribution < 1.29 is 4.39 Å². The Kier molecular flexibility index (Phi) is 3.51. The number of benzene rings is 1. The summed E-state index contributed by atoms with van der Waals surface area (Å²) in [6.45, 7) is 0.419. The van der Waals surface area contributed by atoms with Gasteiger partial charge in [0.1, 0.15) is 11.6 Å². The number of aromatic nitrogens is 1. The zero-order valence-electron chi connectivity index (χ0n) is 8.45. The van der Waals surface area contributed by atoms with Gasteiger partial charge in [0.05, 0.1) is 4.47 Å². The Balaban J connectivity index is 2.09. The van der Waals surface area contributed by atoms with Crippen molar-refractivity contribution in [2.45, 2.75) is 6.54 Å². The molecule has 2 aromatic rings. The van der Waals surface area contributed by atoms with E-state index < -0.39 is 0 Å². The number of hydrogen-bond donors (Lipinski definition) is 1. The van der Waals surface area contributed by atoms with Gasteiger partial charge in [-0.1, -0.05) is 18.2 Å². The molecule has 82 valence electrons. The van der Waals surface area contributed by atoms with Crippen LogP contribution < -0.4 is 5.32 Å². The van der Waals surface area contributed by atoms with E-state index in [0.717, 1.165) is 4.47 Å². The first kappa shape index (κ1) is 11.1. The van der Waals surface area contributed by atoms with Gasteiger partial charge in [0.25, 0.3) is 0 Å². The number of anilines is 1. The van der Waals surface area contributed by atoms with Gasteiger partial charge in [0, 0.05) is 18.3 Å². The second-order valence-corrected chi connectivity index (χ2v) is 4.13. The Hall–Kier alpha value is -1.42. The van der Waals surface area contributed by atoms with Crippen LogP contribution in [0.5, 0.6) is 0 Å². The Bertz CT molecular complexity index is 442. The maximum absolute atomic E-state index is 13.3. The fraction of sp³-hybridized carbons (Fsp3) is 0.0833. The van der Waals surface area contributed by atoms with Gasteiger partial charge in [0.2, 0.25) is 0 Å². The molecule has 16 heavy (non-hydrogen) atoms. The molecule has 2 nitrogen and oxygen atoms in total. The van der Waals surface area contributed by atoms with E-state index in [2.05, 4.69) is 26.2 Å². The summed E-state index contributed by atoms with van der Waals surface area (Å²) in [5.41, 5.74) is 0.625. The zero-order chi connectivity index (χ0) is 11.4. The topological polar surface area (TPSA) is 24.9 Å². The van der Waals surface area contributed by atoms with Crippen molar-refractivity contribution in [3.63, 3.8) is 0 Å². The number of rotatable bonds is 3. The van der Waals surface area contributed by atoms with Crippen molar-refractivity contribution in [1.82, 2.24) is 4.98 Å². The lowest BCUT2D eigenvalue weighted by atomic mass is 10.2. The van der Waals surface area contributed by atoms with E-state index in [0.29, 0.717) is 17.9 Å². The normalized spacial score (nSPS) is 10.1. The molecule has 0 radical (unpaired) electrons. The average molecular weight is 281 g/mol. The van der Waals surface area contributed by atoms with Crippen LogP contribution in [0, 0.1) is 5.82 Å². The Morgan fingerprint density at radius 3 is 2.75 bits per heavy atom. The molecule has 0 unspecified atom stereocenters. The molecule has 0 saturated carbocycles. The summed E-state index contributed by atoms with van der Waals surface area (Å²) in [6.07, 6.45) is 1.69. The van der Waals surface area contributed by atoms with Gasteiger partial charge < -0.3 is 5.32 Å². The molecule has 0 amide bonds. The summed E-state index contributed by atoms with van der Waals surface area (Å²) in [4.78, 5) is 4.14. The Labute approximate surface area is 102 Å². The molecular formula is C12H10BrFN2. The van der Waals surface area contributed by atoms with Gasteiger partial charge in [0.15, 0.2) is 0 Å². The number of halogens is 2. The van der Waals surface area contributed by atoms with Crippen LogP contribution in [0.25, 0.3) is 0 Å². The first-order valence-corrected chi connectivity index (χ1v) is 5.64. The summed E-state index contributed by atoms with van der Waals surface area (Å²) in [5, 5.41) is 3.07. The molecular weight excluding hydrogens is 271 g/mol. The number of nitrogens with one attached hydrogen (secondary N) is 1. The highest BCUT2D eigenvalue weighted by Gasteiger charge is 2.02. The summed E-state index contributed by atoms with van der Waals surface area (Å²) >= 11 is 3.37. The molecule has 4 heteroatoms. The minimum Gasteiger partial charge on any atom is -0.365 e. The summed E-state index contributed by atoms with van der Waals surface area (Å²) in [6, 6.07) is 10.4. The molecule has 0 saturated heterocycles. The van der Waals surface area contributed by atoms with Crippen molar-refractivity contribution >= 4 is 21.7 Å².